The van der Waals surface area contributed by atoms with Crippen LogP contribution in [0.1, 0.15) is 31.0 Å². The molecule has 7 nitrogen and oxygen atoms in total. The van der Waals surface area contributed by atoms with Crippen molar-refractivity contribution in [1.82, 2.24) is 15.1 Å². The average molecular weight is 267 g/mol. The molecular formula is C12H17N3O4. The van der Waals surface area contributed by atoms with Crippen LogP contribution >= 0.6 is 0 Å². The van der Waals surface area contributed by atoms with E-state index < -0.39 is 0 Å². The van der Waals surface area contributed by atoms with Crippen molar-refractivity contribution in [3.63, 3.8) is 0 Å². The number of carbonyl (C=O) groups is 2. The maximum absolute atomic E-state index is 11.9. The number of ether oxygens (including phenoxy) is 1. The Morgan fingerprint density at radius 1 is 1.32 bits per heavy atom. The van der Waals surface area contributed by atoms with Crippen molar-refractivity contribution in [1.29, 1.82) is 0 Å². The summed E-state index contributed by atoms with van der Waals surface area (Å²) >= 11 is 0. The Balaban J connectivity index is 1.90. The van der Waals surface area contributed by atoms with Crippen LogP contribution in [0.25, 0.3) is 0 Å². The summed E-state index contributed by atoms with van der Waals surface area (Å²) < 4.78 is 4.77. The first-order valence-electron chi connectivity index (χ1n) is 6.33. The van der Waals surface area contributed by atoms with Gasteiger partial charge >= 0.3 is 5.97 Å². The normalized spacial score (nSPS) is 14.1. The Morgan fingerprint density at radius 3 is 2.84 bits per heavy atom. The molecule has 2 rings (SSSR count). The zero-order valence-corrected chi connectivity index (χ0v) is 10.8. The molecule has 0 aliphatic carbocycles. The van der Waals surface area contributed by atoms with Gasteiger partial charge in [0, 0.05) is 25.1 Å². The van der Waals surface area contributed by atoms with E-state index in [4.69, 9.17) is 4.74 Å². The van der Waals surface area contributed by atoms with E-state index in [1.807, 2.05) is 0 Å². The molecule has 0 saturated heterocycles. The van der Waals surface area contributed by atoms with Gasteiger partial charge in [0.1, 0.15) is 0 Å². The molecule has 1 amide bonds. The molecule has 0 atom stereocenters. The van der Waals surface area contributed by atoms with Crippen molar-refractivity contribution in [2.45, 2.75) is 32.7 Å². The SMILES string of the molecule is CCOC(=O)CCC(=O)N1CCc2[nH][nH]c(=O)c2C1. The smallest absolute Gasteiger partial charge is 0.306 e. The highest BCUT2D eigenvalue weighted by molar-refractivity contribution is 5.81. The van der Waals surface area contributed by atoms with Gasteiger partial charge in [0.2, 0.25) is 5.91 Å². The largest absolute Gasteiger partial charge is 0.466 e. The third-order valence-electron chi connectivity index (χ3n) is 3.15. The minimum atomic E-state index is -0.368. The van der Waals surface area contributed by atoms with Gasteiger partial charge in [0.05, 0.1) is 25.1 Å². The number of esters is 1. The Labute approximate surface area is 109 Å². The Kier molecular flexibility index (Phi) is 4.03. The maximum Gasteiger partial charge on any atom is 0.306 e. The number of H-pyrrole nitrogens is 2. The summed E-state index contributed by atoms with van der Waals surface area (Å²) in [6.07, 6.45) is 0.829. The first-order chi connectivity index (χ1) is 9.11. The number of aromatic amines is 2. The van der Waals surface area contributed by atoms with Gasteiger partial charge in [-0.05, 0) is 6.92 Å². The van der Waals surface area contributed by atoms with Gasteiger partial charge in [-0.3, -0.25) is 19.5 Å². The zero-order chi connectivity index (χ0) is 13.8. The van der Waals surface area contributed by atoms with Gasteiger partial charge in [-0.25, -0.2) is 0 Å². The fourth-order valence-corrected chi connectivity index (χ4v) is 2.13. The van der Waals surface area contributed by atoms with E-state index in [0.717, 1.165) is 5.69 Å². The van der Waals surface area contributed by atoms with Gasteiger partial charge in [-0.1, -0.05) is 0 Å². The van der Waals surface area contributed by atoms with Crippen molar-refractivity contribution in [3.05, 3.63) is 21.6 Å². The Bertz CT molecular complexity index is 531. The van der Waals surface area contributed by atoms with Gasteiger partial charge in [0.25, 0.3) is 5.56 Å². The molecule has 19 heavy (non-hydrogen) atoms. The van der Waals surface area contributed by atoms with Gasteiger partial charge < -0.3 is 14.7 Å². The second kappa shape index (κ2) is 5.73. The fraction of sp³-hybridized carbons (Fsp3) is 0.583. The van der Waals surface area contributed by atoms with Crippen LogP contribution in [-0.4, -0.2) is 40.1 Å². The van der Waals surface area contributed by atoms with E-state index in [1.165, 1.54) is 0 Å². The summed E-state index contributed by atoms with van der Waals surface area (Å²) in [5.74, 6) is -0.493. The predicted octanol–water partition coefficient (Wildman–Crippen LogP) is -0.0690. The van der Waals surface area contributed by atoms with Crippen LogP contribution in [0.4, 0.5) is 0 Å². The van der Waals surface area contributed by atoms with Crippen molar-refractivity contribution in [2.75, 3.05) is 13.2 Å². The third kappa shape index (κ3) is 3.04. The van der Waals surface area contributed by atoms with E-state index in [0.29, 0.717) is 31.7 Å². The highest BCUT2D eigenvalue weighted by Crippen LogP contribution is 2.14. The molecule has 104 valence electrons. The molecule has 7 heteroatoms. The number of nitrogens with one attached hydrogen (secondary N) is 2. The highest BCUT2D eigenvalue weighted by atomic mass is 16.5. The van der Waals surface area contributed by atoms with Crippen molar-refractivity contribution >= 4 is 11.9 Å². The molecule has 0 radical (unpaired) electrons. The molecule has 0 aromatic carbocycles. The van der Waals surface area contributed by atoms with Crippen LogP contribution in [0.3, 0.4) is 0 Å². The molecule has 1 aliphatic heterocycles. The molecule has 2 heterocycles. The van der Waals surface area contributed by atoms with Crippen LogP contribution in [0.5, 0.6) is 0 Å². The number of amides is 1. The molecule has 0 spiro atoms. The van der Waals surface area contributed by atoms with E-state index in [-0.39, 0.29) is 30.3 Å². The molecule has 0 saturated carbocycles. The number of nitrogens with zero attached hydrogens (tertiary/aromatic N) is 1. The van der Waals surface area contributed by atoms with Gasteiger partial charge in [0.15, 0.2) is 0 Å². The van der Waals surface area contributed by atoms with Gasteiger partial charge in [-0.15, -0.1) is 0 Å². The number of aromatic nitrogens is 2. The molecule has 0 fully saturated rings. The number of fused-ring (bicyclic) bond motifs is 1. The topological polar surface area (TPSA) is 95.3 Å². The van der Waals surface area contributed by atoms with Crippen molar-refractivity contribution < 1.29 is 14.3 Å². The lowest BCUT2D eigenvalue weighted by Crippen LogP contribution is -2.37. The second-order valence-electron chi connectivity index (χ2n) is 4.41. The quantitative estimate of drug-likeness (QED) is 0.746. The summed E-state index contributed by atoms with van der Waals surface area (Å²) in [7, 11) is 0. The Hall–Kier alpha value is -2.05. The lowest BCUT2D eigenvalue weighted by Gasteiger charge is -2.26. The summed E-state index contributed by atoms with van der Waals surface area (Å²) in [6.45, 7) is 2.90. The van der Waals surface area contributed by atoms with E-state index in [2.05, 4.69) is 10.2 Å². The van der Waals surface area contributed by atoms with E-state index in [9.17, 15) is 14.4 Å². The van der Waals surface area contributed by atoms with Crippen LogP contribution in [0, 0.1) is 0 Å². The van der Waals surface area contributed by atoms with Crippen LogP contribution in [0.2, 0.25) is 0 Å². The molecule has 0 unspecified atom stereocenters. The maximum atomic E-state index is 11.9. The number of carbonyl (C=O) groups excluding carboxylic acids is 2. The highest BCUT2D eigenvalue weighted by Gasteiger charge is 2.24. The third-order valence-corrected chi connectivity index (χ3v) is 3.15. The van der Waals surface area contributed by atoms with Crippen LogP contribution < -0.4 is 5.56 Å². The minimum absolute atomic E-state index is 0.0829. The minimum Gasteiger partial charge on any atom is -0.466 e. The number of rotatable bonds is 4. The molecule has 1 aromatic rings. The summed E-state index contributed by atoms with van der Waals surface area (Å²) in [5.41, 5.74) is 1.29. The van der Waals surface area contributed by atoms with E-state index in [1.54, 1.807) is 11.8 Å². The lowest BCUT2D eigenvalue weighted by molar-refractivity contribution is -0.145. The van der Waals surface area contributed by atoms with E-state index >= 15 is 0 Å². The summed E-state index contributed by atoms with van der Waals surface area (Å²) in [5, 5.41) is 5.32. The molecule has 0 bridgehead atoms. The fourth-order valence-electron chi connectivity index (χ4n) is 2.13. The van der Waals surface area contributed by atoms with Crippen molar-refractivity contribution in [3.8, 4) is 0 Å². The first kappa shape index (κ1) is 13.4. The summed E-state index contributed by atoms with van der Waals surface area (Å²) in [6, 6.07) is 0. The Morgan fingerprint density at radius 2 is 2.11 bits per heavy atom. The molecule has 2 N–H and O–H groups in total. The zero-order valence-electron chi connectivity index (χ0n) is 10.8. The first-order valence-corrected chi connectivity index (χ1v) is 6.33. The van der Waals surface area contributed by atoms with Gasteiger partial charge in [-0.2, -0.15) is 0 Å². The number of hydrogen-bond donors (Lipinski definition) is 2. The second-order valence-corrected chi connectivity index (χ2v) is 4.41. The number of hydrogen-bond acceptors (Lipinski definition) is 4. The molecule has 1 aromatic heterocycles. The molecular weight excluding hydrogens is 250 g/mol. The van der Waals surface area contributed by atoms with Crippen LogP contribution in [-0.2, 0) is 27.3 Å². The standard InChI is InChI=1S/C12H17N3O4/c1-2-19-11(17)4-3-10(16)15-6-5-9-8(7-15)12(18)14-13-9/h2-7H2,1H3,(H2,13,14,18). The summed E-state index contributed by atoms with van der Waals surface area (Å²) in [4.78, 5) is 36.2. The average Bonchev–Trinajstić information content (AvgIpc) is 2.78. The lowest BCUT2D eigenvalue weighted by atomic mass is 10.1. The monoisotopic (exact) mass is 267 g/mol. The van der Waals surface area contributed by atoms with Crippen LogP contribution in [0.15, 0.2) is 4.79 Å². The molecule has 1 aliphatic rings. The van der Waals surface area contributed by atoms with Crippen molar-refractivity contribution in [2.24, 2.45) is 0 Å². The predicted molar refractivity (Wildman–Crippen MR) is 66.4 cm³/mol.